The van der Waals surface area contributed by atoms with Gasteiger partial charge in [0.1, 0.15) is 11.3 Å². The lowest BCUT2D eigenvalue weighted by Gasteiger charge is -2.35. The zero-order valence-corrected chi connectivity index (χ0v) is 20.1. The summed E-state index contributed by atoms with van der Waals surface area (Å²) in [6, 6.07) is 5.81. The Balaban J connectivity index is 1.40. The first kappa shape index (κ1) is 24.2. The number of anilines is 3. The SMILES string of the molecule is CCNc1nc([C@@H](C)O)cc2cnc(Nc3ccc(CN4CCN(C[C@H](C)O)CC4)cn3)nc12. The predicted molar refractivity (Wildman–Crippen MR) is 133 cm³/mol. The summed E-state index contributed by atoms with van der Waals surface area (Å²) >= 11 is 0. The predicted octanol–water partition coefficient (Wildman–Crippen LogP) is 2.15. The number of nitrogens with zero attached hydrogens (tertiary/aromatic N) is 6. The molecule has 0 aromatic carbocycles. The van der Waals surface area contributed by atoms with Crippen LogP contribution in [-0.4, -0.2) is 85.3 Å². The lowest BCUT2D eigenvalue weighted by Crippen LogP contribution is -2.47. The van der Waals surface area contributed by atoms with Gasteiger partial charge in [-0.05, 0) is 38.5 Å². The Morgan fingerprint density at radius 2 is 1.76 bits per heavy atom. The van der Waals surface area contributed by atoms with Crippen LogP contribution in [0, 0.1) is 0 Å². The van der Waals surface area contributed by atoms with Crippen molar-refractivity contribution in [2.24, 2.45) is 0 Å². The standard InChI is InChI=1S/C24H34N8O2/c1-4-25-23-22-19(11-20(28-23)17(3)34)13-27-24(30-22)29-21-6-5-18(12-26-21)15-32-9-7-31(8-10-32)14-16(2)33/h5-6,11-13,16-17,33-34H,4,7-10,14-15H2,1-3H3,(H,25,28)(H,26,27,29,30)/t16-,17+/m0/s1. The fraction of sp³-hybridized carbons (Fsp3) is 0.500. The third-order valence-electron chi connectivity index (χ3n) is 5.82. The van der Waals surface area contributed by atoms with Gasteiger partial charge in [0.15, 0.2) is 5.82 Å². The van der Waals surface area contributed by atoms with E-state index in [1.807, 2.05) is 32.2 Å². The Bertz CT molecular complexity index is 1080. The maximum atomic E-state index is 9.93. The molecule has 0 spiro atoms. The average molecular weight is 467 g/mol. The number of nitrogens with one attached hydrogen (secondary N) is 2. The minimum Gasteiger partial charge on any atom is -0.392 e. The number of hydrogen-bond donors (Lipinski definition) is 4. The Morgan fingerprint density at radius 1 is 1.00 bits per heavy atom. The number of β-amino-alcohol motifs (C(OH)–C–C–N with tert-alkyl or cyclic N) is 1. The monoisotopic (exact) mass is 466 g/mol. The summed E-state index contributed by atoms with van der Waals surface area (Å²) in [7, 11) is 0. The summed E-state index contributed by atoms with van der Waals surface area (Å²) in [4.78, 5) is 22.8. The third kappa shape index (κ3) is 6.15. The first-order chi connectivity index (χ1) is 16.4. The van der Waals surface area contributed by atoms with Gasteiger partial charge in [0.25, 0.3) is 0 Å². The van der Waals surface area contributed by atoms with E-state index in [0.717, 1.165) is 50.2 Å². The third-order valence-corrected chi connectivity index (χ3v) is 5.82. The number of rotatable bonds is 9. The van der Waals surface area contributed by atoms with E-state index < -0.39 is 6.10 Å². The second kappa shape index (κ2) is 11.0. The molecule has 3 aromatic rings. The van der Waals surface area contributed by atoms with Crippen LogP contribution >= 0.6 is 0 Å². The number of aliphatic hydroxyl groups excluding tert-OH is 2. The minimum atomic E-state index is -0.671. The average Bonchev–Trinajstić information content (AvgIpc) is 2.81. The molecule has 1 fully saturated rings. The summed E-state index contributed by atoms with van der Waals surface area (Å²) in [5.74, 6) is 1.73. The Kier molecular flexibility index (Phi) is 7.84. The summed E-state index contributed by atoms with van der Waals surface area (Å²) in [5.41, 5.74) is 2.42. The van der Waals surface area contributed by atoms with Gasteiger partial charge >= 0.3 is 0 Å². The molecule has 4 N–H and O–H groups in total. The maximum Gasteiger partial charge on any atom is 0.229 e. The van der Waals surface area contributed by atoms with Crippen LogP contribution in [0.25, 0.3) is 10.9 Å². The van der Waals surface area contributed by atoms with Gasteiger partial charge in [0.05, 0.1) is 17.9 Å². The van der Waals surface area contributed by atoms with Gasteiger partial charge in [-0.3, -0.25) is 9.80 Å². The lowest BCUT2D eigenvalue weighted by atomic mass is 10.2. The molecular weight excluding hydrogens is 432 g/mol. The molecule has 0 radical (unpaired) electrons. The highest BCUT2D eigenvalue weighted by atomic mass is 16.3. The molecule has 1 aliphatic rings. The van der Waals surface area contributed by atoms with Crippen LogP contribution in [-0.2, 0) is 6.54 Å². The zero-order chi connectivity index (χ0) is 24.1. The Labute approximate surface area is 200 Å². The van der Waals surface area contributed by atoms with Crippen molar-refractivity contribution in [2.75, 3.05) is 49.9 Å². The van der Waals surface area contributed by atoms with Gasteiger partial charge in [-0.15, -0.1) is 0 Å². The number of fused-ring (bicyclic) bond motifs is 1. The van der Waals surface area contributed by atoms with Crippen molar-refractivity contribution in [1.82, 2.24) is 29.7 Å². The van der Waals surface area contributed by atoms with Crippen molar-refractivity contribution in [1.29, 1.82) is 0 Å². The first-order valence-corrected chi connectivity index (χ1v) is 11.9. The molecule has 10 heteroatoms. The maximum absolute atomic E-state index is 9.93. The molecule has 3 aromatic heterocycles. The molecule has 0 saturated carbocycles. The number of piperazine rings is 1. The van der Waals surface area contributed by atoms with Gasteiger partial charge < -0.3 is 20.8 Å². The molecule has 2 atom stereocenters. The molecule has 4 rings (SSSR count). The second-order valence-electron chi connectivity index (χ2n) is 8.84. The van der Waals surface area contributed by atoms with Crippen molar-refractivity contribution >= 4 is 28.5 Å². The molecule has 1 aliphatic heterocycles. The molecule has 1 saturated heterocycles. The molecule has 0 unspecified atom stereocenters. The molecule has 34 heavy (non-hydrogen) atoms. The van der Waals surface area contributed by atoms with Crippen LogP contribution in [0.2, 0.25) is 0 Å². The Morgan fingerprint density at radius 3 is 2.41 bits per heavy atom. The summed E-state index contributed by atoms with van der Waals surface area (Å²) in [5, 5.41) is 26.7. The molecule has 0 aliphatic carbocycles. The first-order valence-electron chi connectivity index (χ1n) is 11.9. The van der Waals surface area contributed by atoms with Crippen LogP contribution in [0.15, 0.2) is 30.6 Å². The highest BCUT2D eigenvalue weighted by Gasteiger charge is 2.18. The molecule has 0 bridgehead atoms. The van der Waals surface area contributed by atoms with E-state index in [4.69, 9.17) is 0 Å². The number of aliphatic hydroxyl groups is 2. The van der Waals surface area contributed by atoms with Gasteiger partial charge in [-0.25, -0.2) is 19.9 Å². The van der Waals surface area contributed by atoms with Crippen LogP contribution in [0.1, 0.15) is 38.1 Å². The number of pyridine rings is 2. The fourth-order valence-electron chi connectivity index (χ4n) is 4.09. The Hall–Kier alpha value is -2.92. The van der Waals surface area contributed by atoms with Crippen molar-refractivity contribution in [3.8, 4) is 0 Å². The largest absolute Gasteiger partial charge is 0.392 e. The molecule has 10 nitrogen and oxygen atoms in total. The topological polar surface area (TPSA) is 123 Å². The summed E-state index contributed by atoms with van der Waals surface area (Å²) < 4.78 is 0. The lowest BCUT2D eigenvalue weighted by molar-refractivity contribution is 0.0780. The van der Waals surface area contributed by atoms with Gasteiger partial charge in [0.2, 0.25) is 5.95 Å². The molecule has 182 valence electrons. The summed E-state index contributed by atoms with van der Waals surface area (Å²) in [6.07, 6.45) is 2.65. The van der Waals surface area contributed by atoms with Crippen LogP contribution in [0.5, 0.6) is 0 Å². The van der Waals surface area contributed by atoms with Crippen molar-refractivity contribution in [3.05, 3.63) is 41.9 Å². The van der Waals surface area contributed by atoms with E-state index in [9.17, 15) is 10.2 Å². The van der Waals surface area contributed by atoms with E-state index in [2.05, 4.69) is 46.4 Å². The van der Waals surface area contributed by atoms with E-state index >= 15 is 0 Å². The van der Waals surface area contributed by atoms with Crippen LogP contribution in [0.3, 0.4) is 0 Å². The molecule has 0 amide bonds. The fourth-order valence-corrected chi connectivity index (χ4v) is 4.09. The van der Waals surface area contributed by atoms with Gasteiger partial charge in [-0.2, -0.15) is 0 Å². The number of hydrogen-bond acceptors (Lipinski definition) is 10. The van der Waals surface area contributed by atoms with E-state index in [1.165, 1.54) is 0 Å². The normalized spacial score (nSPS) is 17.0. The van der Waals surface area contributed by atoms with Gasteiger partial charge in [-0.1, -0.05) is 6.07 Å². The highest BCUT2D eigenvalue weighted by molar-refractivity contribution is 5.89. The highest BCUT2D eigenvalue weighted by Crippen LogP contribution is 2.25. The smallest absolute Gasteiger partial charge is 0.229 e. The summed E-state index contributed by atoms with van der Waals surface area (Å²) in [6.45, 7) is 11.7. The van der Waals surface area contributed by atoms with Crippen molar-refractivity contribution < 1.29 is 10.2 Å². The van der Waals surface area contributed by atoms with Crippen molar-refractivity contribution in [2.45, 2.75) is 39.5 Å². The second-order valence-corrected chi connectivity index (χ2v) is 8.84. The van der Waals surface area contributed by atoms with Crippen molar-refractivity contribution in [3.63, 3.8) is 0 Å². The molecular formula is C24H34N8O2. The van der Waals surface area contributed by atoms with Crippen LogP contribution < -0.4 is 10.6 Å². The minimum absolute atomic E-state index is 0.283. The van der Waals surface area contributed by atoms with Gasteiger partial charge in [0, 0.05) is 63.6 Å². The van der Waals surface area contributed by atoms with E-state index in [0.29, 0.717) is 35.3 Å². The zero-order valence-electron chi connectivity index (χ0n) is 20.1. The quantitative estimate of drug-likeness (QED) is 0.373. The molecule has 4 heterocycles. The van der Waals surface area contributed by atoms with E-state index in [1.54, 1.807) is 13.1 Å². The number of aromatic nitrogens is 4. The van der Waals surface area contributed by atoms with Crippen LogP contribution in [0.4, 0.5) is 17.6 Å². The van der Waals surface area contributed by atoms with E-state index in [-0.39, 0.29) is 6.10 Å².